The molecule has 0 fully saturated rings. The van der Waals surface area contributed by atoms with Gasteiger partial charge in [-0.3, -0.25) is 4.79 Å². The molecule has 7 nitrogen and oxygen atoms in total. The van der Waals surface area contributed by atoms with Gasteiger partial charge >= 0.3 is 0 Å². The van der Waals surface area contributed by atoms with Crippen LogP contribution in [-0.4, -0.2) is 37.0 Å². The molecule has 1 N–H and O–H groups in total. The van der Waals surface area contributed by atoms with E-state index in [1.54, 1.807) is 44.2 Å². The first kappa shape index (κ1) is 19.3. The van der Waals surface area contributed by atoms with Gasteiger partial charge in [0.15, 0.2) is 17.2 Å². The van der Waals surface area contributed by atoms with Crippen LogP contribution in [0.4, 0.5) is 0 Å². The molecule has 146 valence electrons. The predicted molar refractivity (Wildman–Crippen MR) is 106 cm³/mol. The Morgan fingerprint density at radius 1 is 0.964 bits per heavy atom. The Balaban J connectivity index is 1.78. The third-order valence-corrected chi connectivity index (χ3v) is 4.35. The maximum Gasteiger partial charge on any atom is 0.272 e. The lowest BCUT2D eigenvalue weighted by molar-refractivity contribution is 0.0945. The molecule has 3 aromatic rings. The van der Waals surface area contributed by atoms with E-state index >= 15 is 0 Å². The topological polar surface area (TPSA) is 74.6 Å². The van der Waals surface area contributed by atoms with Crippen molar-refractivity contribution in [3.05, 3.63) is 65.5 Å². The summed E-state index contributed by atoms with van der Waals surface area (Å²) >= 11 is 0. The monoisotopic (exact) mass is 381 g/mol. The van der Waals surface area contributed by atoms with Crippen molar-refractivity contribution in [2.24, 2.45) is 0 Å². The van der Waals surface area contributed by atoms with E-state index in [1.165, 1.54) is 0 Å². The van der Waals surface area contributed by atoms with Gasteiger partial charge in [0.1, 0.15) is 5.75 Å². The molecular weight excluding hydrogens is 358 g/mol. The summed E-state index contributed by atoms with van der Waals surface area (Å²) in [5.74, 6) is 1.46. The van der Waals surface area contributed by atoms with Gasteiger partial charge in [-0.15, -0.1) is 0 Å². The van der Waals surface area contributed by atoms with Crippen molar-refractivity contribution >= 4 is 5.91 Å². The van der Waals surface area contributed by atoms with Gasteiger partial charge in [-0.25, -0.2) is 4.68 Å². The molecule has 3 rings (SSSR count). The first-order chi connectivity index (χ1) is 13.6. The highest BCUT2D eigenvalue weighted by Crippen LogP contribution is 2.34. The van der Waals surface area contributed by atoms with Crippen LogP contribution >= 0.6 is 0 Å². The SMILES string of the molecule is COc1cc(OC)c(OC)cc1CNC(=O)c1cc(C)n(-c2ccccc2)n1. The zero-order valence-corrected chi connectivity index (χ0v) is 16.4. The number of hydrogen-bond acceptors (Lipinski definition) is 5. The molecule has 1 aromatic heterocycles. The number of methoxy groups -OCH3 is 3. The van der Waals surface area contributed by atoms with Crippen LogP contribution in [0, 0.1) is 6.92 Å². The average molecular weight is 381 g/mol. The first-order valence-electron chi connectivity index (χ1n) is 8.76. The molecule has 0 saturated carbocycles. The summed E-state index contributed by atoms with van der Waals surface area (Å²) in [6, 6.07) is 15.0. The van der Waals surface area contributed by atoms with E-state index in [-0.39, 0.29) is 12.5 Å². The molecule has 28 heavy (non-hydrogen) atoms. The molecular formula is C21H23N3O4. The summed E-state index contributed by atoms with van der Waals surface area (Å²) in [5.41, 5.74) is 2.90. The molecule has 0 aliphatic rings. The maximum atomic E-state index is 12.6. The summed E-state index contributed by atoms with van der Waals surface area (Å²) in [6.07, 6.45) is 0. The molecule has 0 aliphatic carbocycles. The molecule has 7 heteroatoms. The Morgan fingerprint density at radius 2 is 1.61 bits per heavy atom. The van der Waals surface area contributed by atoms with Crippen molar-refractivity contribution in [1.82, 2.24) is 15.1 Å². The number of aryl methyl sites for hydroxylation is 1. The molecule has 0 saturated heterocycles. The van der Waals surface area contributed by atoms with Crippen LogP contribution in [0.5, 0.6) is 17.2 Å². The molecule has 0 unspecified atom stereocenters. The lowest BCUT2D eigenvalue weighted by atomic mass is 10.1. The Kier molecular flexibility index (Phi) is 5.84. The van der Waals surface area contributed by atoms with E-state index in [0.29, 0.717) is 22.9 Å². The van der Waals surface area contributed by atoms with Crippen LogP contribution in [0.2, 0.25) is 0 Å². The van der Waals surface area contributed by atoms with Crippen molar-refractivity contribution in [2.45, 2.75) is 13.5 Å². The van der Waals surface area contributed by atoms with Gasteiger partial charge in [-0.2, -0.15) is 5.10 Å². The van der Waals surface area contributed by atoms with Gasteiger partial charge in [0, 0.05) is 23.9 Å². The number of benzene rings is 2. The van der Waals surface area contributed by atoms with Crippen LogP contribution in [0.15, 0.2) is 48.5 Å². The number of carbonyl (C=O) groups excluding carboxylic acids is 1. The number of ether oxygens (including phenoxy) is 3. The van der Waals surface area contributed by atoms with E-state index in [2.05, 4.69) is 10.4 Å². The Labute approximate surface area is 163 Å². The largest absolute Gasteiger partial charge is 0.496 e. The number of para-hydroxylation sites is 1. The van der Waals surface area contributed by atoms with Crippen molar-refractivity contribution in [1.29, 1.82) is 0 Å². The summed E-state index contributed by atoms with van der Waals surface area (Å²) < 4.78 is 17.8. The molecule has 0 bridgehead atoms. The maximum absolute atomic E-state index is 12.6. The minimum Gasteiger partial charge on any atom is -0.496 e. The number of aromatic nitrogens is 2. The third-order valence-electron chi connectivity index (χ3n) is 4.35. The van der Waals surface area contributed by atoms with Crippen LogP contribution in [0.1, 0.15) is 21.7 Å². The smallest absolute Gasteiger partial charge is 0.272 e. The highest BCUT2D eigenvalue weighted by Gasteiger charge is 2.16. The van der Waals surface area contributed by atoms with E-state index in [0.717, 1.165) is 16.9 Å². The van der Waals surface area contributed by atoms with E-state index < -0.39 is 0 Å². The first-order valence-corrected chi connectivity index (χ1v) is 8.76. The van der Waals surface area contributed by atoms with Crippen LogP contribution in [-0.2, 0) is 6.54 Å². The van der Waals surface area contributed by atoms with E-state index in [1.807, 2.05) is 37.3 Å². The zero-order valence-electron chi connectivity index (χ0n) is 16.4. The van der Waals surface area contributed by atoms with Crippen molar-refractivity contribution in [2.75, 3.05) is 21.3 Å². The fourth-order valence-electron chi connectivity index (χ4n) is 2.91. The van der Waals surface area contributed by atoms with Crippen molar-refractivity contribution in [3.8, 4) is 22.9 Å². The van der Waals surface area contributed by atoms with E-state index in [9.17, 15) is 4.79 Å². The second-order valence-electron chi connectivity index (χ2n) is 6.12. The summed E-state index contributed by atoms with van der Waals surface area (Å²) in [5, 5.41) is 7.30. The standard InChI is InChI=1S/C21H23N3O4/c1-14-10-17(23-24(14)16-8-6-5-7-9-16)21(25)22-13-15-11-19(27-3)20(28-4)12-18(15)26-2/h5-12H,13H2,1-4H3,(H,22,25). The summed E-state index contributed by atoms with van der Waals surface area (Å²) in [4.78, 5) is 12.6. The number of amides is 1. The zero-order chi connectivity index (χ0) is 20.1. The molecule has 0 aliphatic heterocycles. The average Bonchev–Trinajstić information content (AvgIpc) is 3.13. The minimum absolute atomic E-state index is 0.263. The van der Waals surface area contributed by atoms with Gasteiger partial charge in [-0.1, -0.05) is 18.2 Å². The summed E-state index contributed by atoms with van der Waals surface area (Å²) in [7, 11) is 4.69. The van der Waals surface area contributed by atoms with Crippen LogP contribution in [0.25, 0.3) is 5.69 Å². The number of hydrogen-bond donors (Lipinski definition) is 1. The fraction of sp³-hybridized carbons (Fsp3) is 0.238. The lowest BCUT2D eigenvalue weighted by Crippen LogP contribution is -2.23. The normalized spacial score (nSPS) is 10.4. The Bertz CT molecular complexity index is 967. The molecule has 1 heterocycles. The number of nitrogens with zero attached hydrogens (tertiary/aromatic N) is 2. The van der Waals surface area contributed by atoms with Crippen LogP contribution < -0.4 is 19.5 Å². The van der Waals surface area contributed by atoms with Gasteiger partial charge in [-0.05, 0) is 31.2 Å². The number of rotatable bonds is 7. The summed E-state index contributed by atoms with van der Waals surface area (Å²) in [6.45, 7) is 2.17. The minimum atomic E-state index is -0.269. The number of nitrogens with one attached hydrogen (secondary N) is 1. The molecule has 0 atom stereocenters. The number of carbonyl (C=O) groups is 1. The second kappa shape index (κ2) is 8.47. The van der Waals surface area contributed by atoms with Gasteiger partial charge < -0.3 is 19.5 Å². The van der Waals surface area contributed by atoms with Crippen molar-refractivity contribution < 1.29 is 19.0 Å². The highest BCUT2D eigenvalue weighted by molar-refractivity contribution is 5.92. The van der Waals surface area contributed by atoms with Gasteiger partial charge in [0.25, 0.3) is 5.91 Å². The van der Waals surface area contributed by atoms with Gasteiger partial charge in [0.2, 0.25) is 0 Å². The molecule has 2 aromatic carbocycles. The van der Waals surface area contributed by atoms with Gasteiger partial charge in [0.05, 0.1) is 27.0 Å². The quantitative estimate of drug-likeness (QED) is 0.681. The third kappa shape index (κ3) is 3.93. The van der Waals surface area contributed by atoms with E-state index in [4.69, 9.17) is 14.2 Å². The van der Waals surface area contributed by atoms with Crippen LogP contribution in [0.3, 0.4) is 0 Å². The molecule has 0 radical (unpaired) electrons. The predicted octanol–water partition coefficient (Wildman–Crippen LogP) is 3.14. The second-order valence-corrected chi connectivity index (χ2v) is 6.12. The molecule has 0 spiro atoms. The highest BCUT2D eigenvalue weighted by atomic mass is 16.5. The fourth-order valence-corrected chi connectivity index (χ4v) is 2.91. The molecule has 1 amide bonds. The Morgan fingerprint density at radius 3 is 2.25 bits per heavy atom. The Hall–Kier alpha value is -3.48. The van der Waals surface area contributed by atoms with Crippen molar-refractivity contribution in [3.63, 3.8) is 0 Å². The lowest BCUT2D eigenvalue weighted by Gasteiger charge is -2.14.